The Morgan fingerprint density at radius 3 is 1.89 bits per heavy atom. The number of amides is 3. The molecule has 0 unspecified atom stereocenters. The number of aromatic hydroxyl groups is 1. The quantitative estimate of drug-likeness (QED) is 0.0453. The molecular weight excluding hydrogens is 780 g/mol. The summed E-state index contributed by atoms with van der Waals surface area (Å²) in [5.41, 5.74) is 14.6. The Morgan fingerprint density at radius 2 is 1.34 bits per heavy atom. The van der Waals surface area contributed by atoms with Crippen LogP contribution >= 0.6 is 21.6 Å². The number of hydrogen-bond acceptors (Lipinski definition) is 9. The van der Waals surface area contributed by atoms with Gasteiger partial charge < -0.3 is 32.3 Å². The molecule has 1 aliphatic rings. The van der Waals surface area contributed by atoms with Crippen molar-refractivity contribution in [2.45, 2.75) is 153 Å². The van der Waals surface area contributed by atoms with E-state index in [1.165, 1.54) is 85.1 Å². The number of ketones is 2. The van der Waals surface area contributed by atoms with E-state index in [0.29, 0.717) is 38.0 Å². The van der Waals surface area contributed by atoms with Crippen LogP contribution in [-0.4, -0.2) is 75.6 Å². The topological polar surface area (TPSA) is 217 Å². The average molecular weight is 845 g/mol. The number of rotatable bonds is 28. The predicted molar refractivity (Wildman–Crippen MR) is 221 cm³/mol. The van der Waals surface area contributed by atoms with E-state index in [9.17, 15) is 33.9 Å². The Balaban J connectivity index is 0.0000157. The van der Waals surface area contributed by atoms with Crippen molar-refractivity contribution in [2.24, 2.45) is 17.6 Å². The molecule has 1 aromatic rings. The van der Waals surface area contributed by atoms with Gasteiger partial charge in [0.15, 0.2) is 5.78 Å². The smallest absolute Gasteiger partial charge is 0.666 e. The minimum atomic E-state index is -1.06. The fourth-order valence-corrected chi connectivity index (χ4v) is 9.06. The number of nitrogens with one attached hydrogen (secondary N) is 3. The third kappa shape index (κ3) is 25.1. The van der Waals surface area contributed by atoms with Gasteiger partial charge in [0.2, 0.25) is 17.7 Å². The van der Waals surface area contributed by atoms with Gasteiger partial charge in [0.1, 0.15) is 11.5 Å². The molecule has 3 amide bonds. The summed E-state index contributed by atoms with van der Waals surface area (Å²) in [6.07, 6.45) is 18.1. The Bertz CT molecular complexity index is 1320. The minimum absolute atomic E-state index is 0. The molecule has 0 radical (unpaired) electrons. The average Bonchev–Trinajstić information content (AvgIpc) is 3.16. The maximum atomic E-state index is 13.5. The summed E-state index contributed by atoms with van der Waals surface area (Å²) in [6, 6.07) is 4.44. The number of carbonyl (C=O) groups excluding carboxylic acids is 5. The molecule has 1 saturated heterocycles. The number of carboxylic acids is 1. The van der Waals surface area contributed by atoms with Crippen molar-refractivity contribution in [3.8, 4) is 5.75 Å². The number of phenols is 1. The zero-order valence-corrected chi connectivity index (χ0v) is 38.3. The van der Waals surface area contributed by atoms with Gasteiger partial charge in [0.25, 0.3) is 0 Å². The monoisotopic (exact) mass is 844 g/mol. The third-order valence-corrected chi connectivity index (χ3v) is 12.6. The Morgan fingerprint density at radius 1 is 0.804 bits per heavy atom. The summed E-state index contributed by atoms with van der Waals surface area (Å²) >= 11 is 0. The van der Waals surface area contributed by atoms with Gasteiger partial charge in [0.05, 0.1) is 6.04 Å². The number of carboxylic acid groups (broad SMARTS) is 1. The van der Waals surface area contributed by atoms with E-state index in [2.05, 4.69) is 10.6 Å². The van der Waals surface area contributed by atoms with Gasteiger partial charge in [-0.3, -0.25) is 28.8 Å². The Hall–Kier alpha value is -1.46. The molecule has 0 aliphatic carbocycles. The molecule has 0 bridgehead atoms. The van der Waals surface area contributed by atoms with Gasteiger partial charge in [-0.05, 0) is 68.0 Å². The maximum absolute atomic E-state index is 13.5. The molecule has 4 atom stereocenters. The van der Waals surface area contributed by atoms with Crippen LogP contribution in [0, 0.1) is 11.8 Å². The van der Waals surface area contributed by atoms with Gasteiger partial charge >= 0.3 is 57.4 Å². The molecule has 7 N–H and O–H groups in total. The maximum Gasteiger partial charge on any atom is 1.00 e. The summed E-state index contributed by atoms with van der Waals surface area (Å²) in [5, 5.41) is 23.9. The van der Waals surface area contributed by atoms with Crippen LogP contribution in [0.5, 0.6) is 5.75 Å². The predicted octanol–water partition coefficient (Wildman–Crippen LogP) is 4.49. The number of carbonyl (C=O) groups is 6. The largest absolute Gasteiger partial charge is 1.00 e. The molecular formula is C41H65KN4O8S2. The number of phenolic OH excluding ortho intramolecular Hbond substituents is 1. The molecule has 15 heteroatoms. The van der Waals surface area contributed by atoms with E-state index in [1.807, 2.05) is 0 Å². The van der Waals surface area contributed by atoms with E-state index < -0.39 is 41.7 Å². The van der Waals surface area contributed by atoms with Gasteiger partial charge in [-0.1, -0.05) is 111 Å². The van der Waals surface area contributed by atoms with Gasteiger partial charge in [-0.2, -0.15) is 0 Å². The summed E-state index contributed by atoms with van der Waals surface area (Å²) in [7, 11) is 2.65. The normalized spacial score (nSPS) is 18.2. The summed E-state index contributed by atoms with van der Waals surface area (Å²) in [5.74, 6) is -3.23. The van der Waals surface area contributed by atoms with E-state index in [0.717, 1.165) is 44.1 Å². The van der Waals surface area contributed by atoms with Crippen molar-refractivity contribution in [3.63, 3.8) is 0 Å². The molecule has 1 heterocycles. The first-order valence-electron chi connectivity index (χ1n) is 20.3. The Kier molecular flexibility index (Phi) is 30.4. The third-order valence-electron chi connectivity index (χ3n) is 10.1. The van der Waals surface area contributed by atoms with Crippen LogP contribution in [0.15, 0.2) is 24.3 Å². The van der Waals surface area contributed by atoms with Crippen LogP contribution in [0.3, 0.4) is 0 Å². The van der Waals surface area contributed by atoms with Gasteiger partial charge in [-0.25, -0.2) is 0 Å². The van der Waals surface area contributed by atoms with Crippen LogP contribution in [-0.2, 0) is 35.2 Å². The SMILES string of the molecule is [K+].[NH-][C@H]1CSSC[C@@H](C(=O)C[C@@H](Cc2ccc(O)cc2)C(N)=O)CC(=O)[C@H](CCCCNC(=O)CCCCCCCCCCCCCCCCC(=O)O)NC1=O. The zero-order chi connectivity index (χ0) is 40.3. The number of aliphatic carboxylic acids is 1. The van der Waals surface area contributed by atoms with Crippen LogP contribution in [0.2, 0.25) is 0 Å². The van der Waals surface area contributed by atoms with E-state index >= 15 is 0 Å². The first-order chi connectivity index (χ1) is 26.5. The molecule has 56 heavy (non-hydrogen) atoms. The summed E-state index contributed by atoms with van der Waals surface area (Å²) < 4.78 is 0. The van der Waals surface area contributed by atoms with E-state index in [-0.39, 0.29) is 106 Å². The van der Waals surface area contributed by atoms with Gasteiger partial charge in [-0.15, -0.1) is 0 Å². The van der Waals surface area contributed by atoms with Crippen molar-refractivity contribution < 1.29 is 90.4 Å². The van der Waals surface area contributed by atoms with Crippen molar-refractivity contribution in [1.82, 2.24) is 10.6 Å². The number of Topliss-reactive ketones (excluding diaryl/α,β-unsaturated/α-hetero) is 2. The molecule has 310 valence electrons. The molecule has 0 saturated carbocycles. The number of unbranched alkanes of at least 4 members (excludes halogenated alkanes) is 14. The van der Waals surface area contributed by atoms with Gasteiger partial charge in [0, 0.05) is 49.8 Å². The molecule has 0 aromatic heterocycles. The number of benzene rings is 1. The zero-order valence-electron chi connectivity index (χ0n) is 33.5. The van der Waals surface area contributed by atoms with Crippen molar-refractivity contribution in [2.75, 3.05) is 18.1 Å². The fraction of sp³-hybridized carbons (Fsp3) is 0.707. The van der Waals surface area contributed by atoms with Crippen LogP contribution in [0.4, 0.5) is 0 Å². The molecule has 1 aromatic carbocycles. The number of nitrogens with two attached hydrogens (primary N) is 1. The van der Waals surface area contributed by atoms with Crippen LogP contribution in [0.1, 0.15) is 140 Å². The second-order valence-electron chi connectivity index (χ2n) is 14.9. The van der Waals surface area contributed by atoms with Crippen LogP contribution in [0.25, 0.3) is 5.73 Å². The molecule has 1 aliphatic heterocycles. The summed E-state index contributed by atoms with van der Waals surface area (Å²) in [6.45, 7) is 0.462. The number of hydrogen-bond donors (Lipinski definition) is 5. The molecule has 1 fully saturated rings. The molecule has 2 rings (SSSR count). The number of primary amides is 1. The van der Waals surface area contributed by atoms with Crippen molar-refractivity contribution in [3.05, 3.63) is 35.6 Å². The first-order valence-corrected chi connectivity index (χ1v) is 22.8. The minimum Gasteiger partial charge on any atom is -0.666 e. The Labute approximate surface area is 384 Å². The molecule has 12 nitrogen and oxygen atoms in total. The molecule has 0 spiro atoms. The fourth-order valence-electron chi connectivity index (χ4n) is 6.63. The summed E-state index contributed by atoms with van der Waals surface area (Å²) in [4.78, 5) is 74.9. The van der Waals surface area contributed by atoms with Crippen molar-refractivity contribution in [1.29, 1.82) is 0 Å². The second kappa shape index (κ2) is 32.4. The first kappa shape index (κ1) is 52.6. The van der Waals surface area contributed by atoms with Crippen molar-refractivity contribution >= 4 is 56.8 Å². The van der Waals surface area contributed by atoms with E-state index in [4.69, 9.17) is 16.6 Å². The van der Waals surface area contributed by atoms with E-state index in [1.54, 1.807) is 12.1 Å². The standard InChI is InChI=1S/C41H65N4O8S2.K/c42-34-29-55-54-28-32(36(47)26-31(40(43)52)25-30-20-22-33(46)23-21-30)27-37(48)35(45-41(34)53)17-15-16-24-44-38(49)18-13-11-9-7-5-3-1-2-4-6-8-10-12-14-19-39(50)51;/h20-23,31-32,34-35,42,46H,1-19,24-29H2,(H2,43,52)(H,44,49)(H,45,53)(H,50,51);/q-1;+1/t31-,32+,34+,35+;/m1./s1. The second-order valence-corrected chi connectivity index (χ2v) is 17.4. The van der Waals surface area contributed by atoms with Crippen LogP contribution < -0.4 is 67.8 Å².